The maximum absolute atomic E-state index is 13.1. The molecule has 0 fully saturated rings. The normalized spacial score (nSPS) is 10.9. The maximum atomic E-state index is 13.1. The SMILES string of the molecule is Fc1ccc2c(Cl)nc(-c3cccs3)nc2c1. The smallest absolute Gasteiger partial charge is 0.171 e. The lowest BCUT2D eigenvalue weighted by atomic mass is 10.2. The Labute approximate surface area is 106 Å². The lowest BCUT2D eigenvalue weighted by Crippen LogP contribution is -1.90. The molecule has 0 saturated carbocycles. The van der Waals surface area contributed by atoms with Gasteiger partial charge >= 0.3 is 0 Å². The summed E-state index contributed by atoms with van der Waals surface area (Å²) in [6.07, 6.45) is 0. The van der Waals surface area contributed by atoms with E-state index in [2.05, 4.69) is 9.97 Å². The fraction of sp³-hybridized carbons (Fsp3) is 0. The van der Waals surface area contributed by atoms with Gasteiger partial charge in [0.25, 0.3) is 0 Å². The van der Waals surface area contributed by atoms with Crippen LogP contribution >= 0.6 is 22.9 Å². The van der Waals surface area contributed by atoms with Crippen molar-refractivity contribution in [1.29, 1.82) is 0 Å². The van der Waals surface area contributed by atoms with Crippen LogP contribution in [-0.2, 0) is 0 Å². The third-order valence-electron chi connectivity index (χ3n) is 2.35. The molecule has 0 unspecified atom stereocenters. The van der Waals surface area contributed by atoms with Crippen molar-refractivity contribution >= 4 is 33.8 Å². The lowest BCUT2D eigenvalue weighted by molar-refractivity contribution is 0.629. The van der Waals surface area contributed by atoms with E-state index in [0.29, 0.717) is 21.9 Å². The van der Waals surface area contributed by atoms with Crippen molar-refractivity contribution < 1.29 is 4.39 Å². The third kappa shape index (κ3) is 1.90. The van der Waals surface area contributed by atoms with E-state index in [4.69, 9.17) is 11.6 Å². The van der Waals surface area contributed by atoms with Crippen LogP contribution in [0.1, 0.15) is 0 Å². The number of thiophene rings is 1. The number of halogens is 2. The second-order valence-corrected chi connectivity index (χ2v) is 4.78. The first-order chi connectivity index (χ1) is 8.24. The van der Waals surface area contributed by atoms with Crippen LogP contribution < -0.4 is 0 Å². The van der Waals surface area contributed by atoms with Crippen molar-refractivity contribution in [3.63, 3.8) is 0 Å². The summed E-state index contributed by atoms with van der Waals surface area (Å²) < 4.78 is 13.1. The topological polar surface area (TPSA) is 25.8 Å². The monoisotopic (exact) mass is 264 g/mol. The molecule has 0 spiro atoms. The molecule has 2 aromatic heterocycles. The molecular weight excluding hydrogens is 259 g/mol. The second kappa shape index (κ2) is 4.05. The molecule has 5 heteroatoms. The zero-order chi connectivity index (χ0) is 11.8. The van der Waals surface area contributed by atoms with Gasteiger partial charge in [0.15, 0.2) is 5.82 Å². The summed E-state index contributed by atoms with van der Waals surface area (Å²) in [4.78, 5) is 9.44. The Morgan fingerprint density at radius 1 is 1.18 bits per heavy atom. The standard InChI is InChI=1S/C12H6ClFN2S/c13-11-8-4-3-7(14)6-9(8)15-12(16-11)10-2-1-5-17-10/h1-6H. The number of fused-ring (bicyclic) bond motifs is 1. The van der Waals surface area contributed by atoms with Gasteiger partial charge in [0, 0.05) is 11.5 Å². The van der Waals surface area contributed by atoms with Crippen LogP contribution in [0.3, 0.4) is 0 Å². The molecule has 3 aromatic rings. The van der Waals surface area contributed by atoms with Gasteiger partial charge in [0.05, 0.1) is 10.4 Å². The molecule has 2 nitrogen and oxygen atoms in total. The summed E-state index contributed by atoms with van der Waals surface area (Å²) in [6.45, 7) is 0. The number of hydrogen-bond donors (Lipinski definition) is 0. The molecule has 17 heavy (non-hydrogen) atoms. The average Bonchev–Trinajstić information content (AvgIpc) is 2.81. The van der Waals surface area contributed by atoms with E-state index in [1.165, 1.54) is 23.5 Å². The number of rotatable bonds is 1. The Kier molecular flexibility index (Phi) is 2.53. The molecule has 1 aromatic carbocycles. The summed E-state index contributed by atoms with van der Waals surface area (Å²) in [6, 6.07) is 8.11. The predicted octanol–water partition coefficient (Wildman–Crippen LogP) is 4.15. The highest BCUT2D eigenvalue weighted by molar-refractivity contribution is 7.13. The second-order valence-electron chi connectivity index (χ2n) is 3.48. The van der Waals surface area contributed by atoms with Crippen LogP contribution in [0.4, 0.5) is 4.39 Å². The molecule has 0 radical (unpaired) electrons. The highest BCUT2D eigenvalue weighted by Gasteiger charge is 2.09. The molecule has 0 aliphatic rings. The van der Waals surface area contributed by atoms with Gasteiger partial charge in [-0.25, -0.2) is 14.4 Å². The Morgan fingerprint density at radius 3 is 2.82 bits per heavy atom. The van der Waals surface area contributed by atoms with Gasteiger partial charge in [0.2, 0.25) is 0 Å². The zero-order valence-electron chi connectivity index (χ0n) is 8.52. The van der Waals surface area contributed by atoms with Gasteiger partial charge in [-0.05, 0) is 23.6 Å². The quantitative estimate of drug-likeness (QED) is 0.617. The molecule has 2 heterocycles. The third-order valence-corrected chi connectivity index (χ3v) is 3.51. The highest BCUT2D eigenvalue weighted by Crippen LogP contribution is 2.27. The van der Waals surface area contributed by atoms with E-state index < -0.39 is 0 Å². The minimum atomic E-state index is -0.329. The Balaban J connectivity index is 2.29. The van der Waals surface area contributed by atoms with Gasteiger partial charge in [0.1, 0.15) is 11.0 Å². The largest absolute Gasteiger partial charge is 0.227 e. The van der Waals surface area contributed by atoms with Crippen LogP contribution in [0.2, 0.25) is 5.15 Å². The predicted molar refractivity (Wildman–Crippen MR) is 67.8 cm³/mol. The Hall–Kier alpha value is -1.52. The molecule has 0 aliphatic heterocycles. The van der Waals surface area contributed by atoms with Gasteiger partial charge in [-0.2, -0.15) is 0 Å². The first kappa shape index (κ1) is 10.6. The Bertz CT molecular complexity index is 682. The first-order valence-corrected chi connectivity index (χ1v) is 6.16. The van der Waals surface area contributed by atoms with Crippen molar-refractivity contribution in [1.82, 2.24) is 9.97 Å². The van der Waals surface area contributed by atoms with Gasteiger partial charge < -0.3 is 0 Å². The van der Waals surface area contributed by atoms with E-state index in [0.717, 1.165) is 4.88 Å². The number of benzene rings is 1. The summed E-state index contributed by atoms with van der Waals surface area (Å²) in [5.41, 5.74) is 0.522. The number of aromatic nitrogens is 2. The molecule has 0 saturated heterocycles. The van der Waals surface area contributed by atoms with E-state index in [1.807, 2.05) is 17.5 Å². The lowest BCUT2D eigenvalue weighted by Gasteiger charge is -2.02. The maximum Gasteiger partial charge on any atom is 0.171 e. The van der Waals surface area contributed by atoms with Gasteiger partial charge in [-0.15, -0.1) is 11.3 Å². The molecule has 3 rings (SSSR count). The van der Waals surface area contributed by atoms with Crippen molar-refractivity contribution in [2.75, 3.05) is 0 Å². The summed E-state index contributed by atoms with van der Waals surface area (Å²) in [5.74, 6) is 0.201. The van der Waals surface area contributed by atoms with E-state index in [-0.39, 0.29) is 5.82 Å². The molecule has 0 N–H and O–H groups in total. The number of nitrogens with zero attached hydrogens (tertiary/aromatic N) is 2. The minimum absolute atomic E-state index is 0.329. The van der Waals surface area contributed by atoms with E-state index >= 15 is 0 Å². The van der Waals surface area contributed by atoms with Gasteiger partial charge in [-0.1, -0.05) is 17.7 Å². The van der Waals surface area contributed by atoms with Gasteiger partial charge in [-0.3, -0.25) is 0 Å². The van der Waals surface area contributed by atoms with Crippen molar-refractivity contribution in [3.05, 3.63) is 46.7 Å². The fourth-order valence-corrected chi connectivity index (χ4v) is 2.48. The average molecular weight is 265 g/mol. The van der Waals surface area contributed by atoms with Crippen LogP contribution in [0.15, 0.2) is 35.7 Å². The Morgan fingerprint density at radius 2 is 2.06 bits per heavy atom. The van der Waals surface area contributed by atoms with Crippen molar-refractivity contribution in [2.24, 2.45) is 0 Å². The van der Waals surface area contributed by atoms with E-state index in [9.17, 15) is 4.39 Å². The highest BCUT2D eigenvalue weighted by atomic mass is 35.5. The minimum Gasteiger partial charge on any atom is -0.227 e. The van der Waals surface area contributed by atoms with Crippen LogP contribution in [0.25, 0.3) is 21.6 Å². The molecule has 0 bridgehead atoms. The van der Waals surface area contributed by atoms with Crippen LogP contribution in [0.5, 0.6) is 0 Å². The molecular formula is C12H6ClFN2S. The molecule has 0 amide bonds. The number of hydrogen-bond acceptors (Lipinski definition) is 3. The zero-order valence-corrected chi connectivity index (χ0v) is 10.1. The summed E-state index contributed by atoms with van der Waals surface area (Å²) in [5, 5.41) is 2.94. The first-order valence-electron chi connectivity index (χ1n) is 4.91. The van der Waals surface area contributed by atoms with Crippen LogP contribution in [0, 0.1) is 5.82 Å². The van der Waals surface area contributed by atoms with Crippen LogP contribution in [-0.4, -0.2) is 9.97 Å². The molecule has 0 aliphatic carbocycles. The fourth-order valence-electron chi connectivity index (χ4n) is 1.58. The van der Waals surface area contributed by atoms with Crippen molar-refractivity contribution in [2.45, 2.75) is 0 Å². The summed E-state index contributed by atoms with van der Waals surface area (Å²) >= 11 is 7.58. The van der Waals surface area contributed by atoms with Crippen molar-refractivity contribution in [3.8, 4) is 10.7 Å². The molecule has 84 valence electrons. The summed E-state index contributed by atoms with van der Waals surface area (Å²) in [7, 11) is 0. The van der Waals surface area contributed by atoms with E-state index in [1.54, 1.807) is 6.07 Å². The molecule has 0 atom stereocenters.